The topological polar surface area (TPSA) is 75.1 Å². The molecular formula is C13H13N3O2. The van der Waals surface area contributed by atoms with E-state index in [0.29, 0.717) is 5.69 Å². The Morgan fingerprint density at radius 2 is 2.00 bits per heavy atom. The van der Waals surface area contributed by atoms with Gasteiger partial charge in [0.05, 0.1) is 5.69 Å². The van der Waals surface area contributed by atoms with Crippen LogP contribution in [-0.2, 0) is 4.79 Å². The smallest absolute Gasteiger partial charge is 0.328 e. The van der Waals surface area contributed by atoms with Crippen LogP contribution in [0.15, 0.2) is 42.6 Å². The van der Waals surface area contributed by atoms with Crippen molar-refractivity contribution in [2.24, 2.45) is 0 Å². The molecule has 2 aromatic rings. The van der Waals surface area contributed by atoms with Crippen molar-refractivity contribution in [3.8, 4) is 11.3 Å². The first-order valence-corrected chi connectivity index (χ1v) is 5.51. The number of aliphatic carboxylic acids is 1. The van der Waals surface area contributed by atoms with Gasteiger partial charge in [-0.15, -0.1) is 0 Å². The molecule has 0 radical (unpaired) electrons. The molecule has 1 heterocycles. The minimum absolute atomic E-state index is 0.256. The van der Waals surface area contributed by atoms with Crippen LogP contribution in [0.4, 0.5) is 0 Å². The highest BCUT2D eigenvalue weighted by Crippen LogP contribution is 2.17. The highest BCUT2D eigenvalue weighted by atomic mass is 16.4. The Balaban J connectivity index is 2.39. The van der Waals surface area contributed by atoms with Gasteiger partial charge in [0.2, 0.25) is 0 Å². The number of nitrogens with zero attached hydrogens (tertiary/aromatic N) is 2. The Bertz CT molecular complexity index is 543. The highest BCUT2D eigenvalue weighted by Gasteiger charge is 2.20. The van der Waals surface area contributed by atoms with Gasteiger partial charge in [0.25, 0.3) is 0 Å². The molecule has 0 spiro atoms. The van der Waals surface area contributed by atoms with Crippen molar-refractivity contribution >= 4 is 5.97 Å². The summed E-state index contributed by atoms with van der Waals surface area (Å²) in [6, 6.07) is 10.4. The SMILES string of the molecule is CNC(C(=O)O)c1nccc(-c2ccccc2)n1. The van der Waals surface area contributed by atoms with Gasteiger partial charge in [-0.3, -0.25) is 4.79 Å². The zero-order chi connectivity index (χ0) is 13.0. The highest BCUT2D eigenvalue weighted by molar-refractivity contribution is 5.74. The van der Waals surface area contributed by atoms with Crippen LogP contribution >= 0.6 is 0 Å². The summed E-state index contributed by atoms with van der Waals surface area (Å²) in [4.78, 5) is 19.3. The minimum atomic E-state index is -0.997. The normalized spacial score (nSPS) is 12.1. The standard InChI is InChI=1S/C13H13N3O2/c1-14-11(13(17)18)12-15-8-7-10(16-12)9-5-3-2-4-6-9/h2-8,11,14H,1H3,(H,17,18). The molecule has 5 nitrogen and oxygen atoms in total. The van der Waals surface area contributed by atoms with Crippen molar-refractivity contribution in [2.45, 2.75) is 6.04 Å². The molecule has 0 aliphatic heterocycles. The van der Waals surface area contributed by atoms with Crippen molar-refractivity contribution in [1.82, 2.24) is 15.3 Å². The maximum atomic E-state index is 11.0. The number of carboxylic acids is 1. The fraction of sp³-hybridized carbons (Fsp3) is 0.154. The lowest BCUT2D eigenvalue weighted by Gasteiger charge is -2.10. The number of benzene rings is 1. The molecule has 1 unspecified atom stereocenters. The van der Waals surface area contributed by atoms with E-state index >= 15 is 0 Å². The van der Waals surface area contributed by atoms with Gasteiger partial charge in [-0.05, 0) is 13.1 Å². The quantitative estimate of drug-likeness (QED) is 0.850. The molecule has 0 fully saturated rings. The lowest BCUT2D eigenvalue weighted by Crippen LogP contribution is -2.27. The molecule has 92 valence electrons. The number of aromatic nitrogens is 2. The van der Waals surface area contributed by atoms with Crippen LogP contribution in [0.3, 0.4) is 0 Å². The van der Waals surface area contributed by atoms with Crippen LogP contribution in [0.5, 0.6) is 0 Å². The number of hydrogen-bond donors (Lipinski definition) is 2. The van der Waals surface area contributed by atoms with E-state index in [1.54, 1.807) is 19.3 Å². The zero-order valence-electron chi connectivity index (χ0n) is 9.87. The first kappa shape index (κ1) is 12.2. The van der Waals surface area contributed by atoms with Gasteiger partial charge in [-0.25, -0.2) is 9.97 Å². The second-order valence-electron chi connectivity index (χ2n) is 3.73. The van der Waals surface area contributed by atoms with Crippen LogP contribution < -0.4 is 5.32 Å². The Morgan fingerprint density at radius 3 is 2.61 bits per heavy atom. The Labute approximate surface area is 105 Å². The first-order valence-electron chi connectivity index (χ1n) is 5.51. The second kappa shape index (κ2) is 5.37. The van der Waals surface area contributed by atoms with Crippen molar-refractivity contribution in [2.75, 3.05) is 7.05 Å². The number of likely N-dealkylation sites (N-methyl/N-ethyl adjacent to an activating group) is 1. The first-order chi connectivity index (χ1) is 8.72. The van der Waals surface area contributed by atoms with Gasteiger partial charge in [-0.2, -0.15) is 0 Å². The summed E-state index contributed by atoms with van der Waals surface area (Å²) in [6.45, 7) is 0. The average molecular weight is 243 g/mol. The predicted molar refractivity (Wildman–Crippen MR) is 66.9 cm³/mol. The number of hydrogen-bond acceptors (Lipinski definition) is 4. The van der Waals surface area contributed by atoms with E-state index in [9.17, 15) is 4.79 Å². The summed E-state index contributed by atoms with van der Waals surface area (Å²) < 4.78 is 0. The monoisotopic (exact) mass is 243 g/mol. The van der Waals surface area contributed by atoms with E-state index in [1.165, 1.54) is 0 Å². The van der Waals surface area contributed by atoms with Gasteiger partial charge < -0.3 is 10.4 Å². The van der Waals surface area contributed by atoms with Crippen LogP contribution in [0.25, 0.3) is 11.3 Å². The largest absolute Gasteiger partial charge is 0.480 e. The molecule has 0 aliphatic rings. The lowest BCUT2D eigenvalue weighted by molar-refractivity contribution is -0.139. The molecule has 0 aliphatic carbocycles. The molecule has 0 amide bonds. The third kappa shape index (κ3) is 2.52. The second-order valence-corrected chi connectivity index (χ2v) is 3.73. The maximum Gasteiger partial charge on any atom is 0.328 e. The molecule has 2 N–H and O–H groups in total. The number of carboxylic acid groups (broad SMARTS) is 1. The van der Waals surface area contributed by atoms with Crippen LogP contribution in [-0.4, -0.2) is 28.1 Å². The van der Waals surface area contributed by atoms with E-state index < -0.39 is 12.0 Å². The fourth-order valence-electron chi connectivity index (χ4n) is 1.65. The molecule has 0 saturated carbocycles. The van der Waals surface area contributed by atoms with Crippen LogP contribution in [0.1, 0.15) is 11.9 Å². The third-order valence-corrected chi connectivity index (χ3v) is 2.54. The predicted octanol–water partition coefficient (Wildman–Crippen LogP) is 1.49. The van der Waals surface area contributed by atoms with E-state index in [4.69, 9.17) is 5.11 Å². The lowest BCUT2D eigenvalue weighted by atomic mass is 10.1. The summed E-state index contributed by atoms with van der Waals surface area (Å²) in [6.07, 6.45) is 1.57. The Morgan fingerprint density at radius 1 is 1.28 bits per heavy atom. The molecule has 1 atom stereocenters. The molecular weight excluding hydrogens is 230 g/mol. The van der Waals surface area contributed by atoms with Gasteiger partial charge in [0.15, 0.2) is 11.9 Å². The Hall–Kier alpha value is -2.27. The van der Waals surface area contributed by atoms with E-state index in [0.717, 1.165) is 5.56 Å². The summed E-state index contributed by atoms with van der Waals surface area (Å²) >= 11 is 0. The zero-order valence-corrected chi connectivity index (χ0v) is 9.87. The summed E-state index contributed by atoms with van der Waals surface area (Å²) in [5.41, 5.74) is 1.64. The molecule has 2 rings (SSSR count). The molecule has 18 heavy (non-hydrogen) atoms. The molecule has 0 saturated heterocycles. The van der Waals surface area contributed by atoms with Crippen LogP contribution in [0, 0.1) is 0 Å². The maximum absolute atomic E-state index is 11.0. The number of carbonyl (C=O) groups is 1. The molecule has 1 aromatic carbocycles. The van der Waals surface area contributed by atoms with Crippen molar-refractivity contribution < 1.29 is 9.90 Å². The van der Waals surface area contributed by atoms with Crippen molar-refractivity contribution in [3.05, 3.63) is 48.4 Å². The van der Waals surface area contributed by atoms with Gasteiger partial charge in [-0.1, -0.05) is 30.3 Å². The minimum Gasteiger partial charge on any atom is -0.480 e. The molecule has 5 heteroatoms. The van der Waals surface area contributed by atoms with Crippen molar-refractivity contribution in [1.29, 1.82) is 0 Å². The van der Waals surface area contributed by atoms with Gasteiger partial charge in [0, 0.05) is 11.8 Å². The van der Waals surface area contributed by atoms with Gasteiger partial charge >= 0.3 is 5.97 Å². The number of nitrogens with one attached hydrogen (secondary N) is 1. The summed E-state index contributed by atoms with van der Waals surface area (Å²) in [7, 11) is 1.57. The van der Waals surface area contributed by atoms with Gasteiger partial charge in [0.1, 0.15) is 0 Å². The van der Waals surface area contributed by atoms with Crippen LogP contribution in [0.2, 0.25) is 0 Å². The molecule has 1 aromatic heterocycles. The summed E-state index contributed by atoms with van der Waals surface area (Å²) in [5.74, 6) is -0.742. The van der Waals surface area contributed by atoms with E-state index in [2.05, 4.69) is 15.3 Å². The van der Waals surface area contributed by atoms with E-state index in [1.807, 2.05) is 30.3 Å². The van der Waals surface area contributed by atoms with Crippen molar-refractivity contribution in [3.63, 3.8) is 0 Å². The average Bonchev–Trinajstić information content (AvgIpc) is 2.40. The fourth-order valence-corrected chi connectivity index (χ4v) is 1.65. The Kier molecular flexibility index (Phi) is 3.64. The number of rotatable bonds is 4. The summed E-state index contributed by atoms with van der Waals surface area (Å²) in [5, 5.41) is 11.7. The van der Waals surface area contributed by atoms with E-state index in [-0.39, 0.29) is 5.82 Å². The molecule has 0 bridgehead atoms. The third-order valence-electron chi connectivity index (χ3n) is 2.54.